The minimum atomic E-state index is -5.10. The molecule has 162 valence electrons. The number of amides is 2. The highest BCUT2D eigenvalue weighted by Gasteiger charge is 2.41. The standard InChI is InChI=1S/C19H12F6N4O2/c20-18(21,22)11-2-1-3-13(8-11)29-15(19(23,24)25)14(9-27-29)17(31)28-12-6-4-10(5-7-12)16(26)30/h1-9H,(H2,26,30)(H,28,31). The smallest absolute Gasteiger partial charge is 0.366 e. The highest BCUT2D eigenvalue weighted by molar-refractivity contribution is 6.05. The number of carbonyl (C=O) groups is 2. The molecule has 0 saturated carbocycles. The average molecular weight is 442 g/mol. The lowest BCUT2D eigenvalue weighted by Gasteiger charge is -2.14. The molecule has 0 saturated heterocycles. The molecule has 31 heavy (non-hydrogen) atoms. The molecule has 6 nitrogen and oxygen atoms in total. The molecular formula is C19H12F6N4O2. The summed E-state index contributed by atoms with van der Waals surface area (Å²) in [5.41, 5.74) is 1.13. The summed E-state index contributed by atoms with van der Waals surface area (Å²) in [7, 11) is 0. The molecule has 0 aliphatic carbocycles. The van der Waals surface area contributed by atoms with Gasteiger partial charge in [-0.2, -0.15) is 31.4 Å². The summed E-state index contributed by atoms with van der Waals surface area (Å²) in [5, 5.41) is 5.70. The zero-order valence-corrected chi connectivity index (χ0v) is 15.3. The minimum Gasteiger partial charge on any atom is -0.366 e. The molecule has 1 heterocycles. The van der Waals surface area contributed by atoms with Gasteiger partial charge in [-0.05, 0) is 42.5 Å². The quantitative estimate of drug-likeness (QED) is 0.592. The molecule has 3 rings (SSSR count). The van der Waals surface area contributed by atoms with E-state index in [2.05, 4.69) is 10.4 Å². The van der Waals surface area contributed by atoms with Crippen molar-refractivity contribution in [1.82, 2.24) is 9.78 Å². The van der Waals surface area contributed by atoms with Crippen LogP contribution in [0, 0.1) is 0 Å². The zero-order chi connectivity index (χ0) is 23.0. The van der Waals surface area contributed by atoms with Crippen LogP contribution in [0.4, 0.5) is 32.0 Å². The Hall–Kier alpha value is -3.83. The average Bonchev–Trinajstić information content (AvgIpc) is 3.14. The van der Waals surface area contributed by atoms with Gasteiger partial charge >= 0.3 is 12.4 Å². The van der Waals surface area contributed by atoms with Crippen LogP contribution in [0.5, 0.6) is 0 Å². The van der Waals surface area contributed by atoms with Gasteiger partial charge in [0.15, 0.2) is 5.69 Å². The number of anilines is 1. The number of rotatable bonds is 4. The maximum absolute atomic E-state index is 13.7. The number of benzene rings is 2. The van der Waals surface area contributed by atoms with E-state index in [9.17, 15) is 35.9 Å². The van der Waals surface area contributed by atoms with Crippen LogP contribution < -0.4 is 11.1 Å². The van der Waals surface area contributed by atoms with E-state index in [1.165, 1.54) is 24.3 Å². The number of halogens is 6. The van der Waals surface area contributed by atoms with Crippen molar-refractivity contribution in [3.05, 3.63) is 77.1 Å². The molecule has 3 aromatic rings. The summed E-state index contributed by atoms with van der Waals surface area (Å²) in [4.78, 5) is 23.5. The van der Waals surface area contributed by atoms with Crippen LogP contribution in [-0.2, 0) is 12.4 Å². The van der Waals surface area contributed by atoms with E-state index in [0.717, 1.165) is 12.1 Å². The third kappa shape index (κ3) is 4.68. The van der Waals surface area contributed by atoms with E-state index in [0.29, 0.717) is 18.3 Å². The van der Waals surface area contributed by atoms with Gasteiger partial charge in [0.1, 0.15) is 0 Å². The van der Waals surface area contributed by atoms with E-state index in [1.807, 2.05) is 0 Å². The maximum Gasteiger partial charge on any atom is 0.434 e. The van der Waals surface area contributed by atoms with Crippen molar-refractivity contribution in [3.8, 4) is 5.69 Å². The predicted molar refractivity (Wildman–Crippen MR) is 96.5 cm³/mol. The number of hydrogen-bond donors (Lipinski definition) is 2. The Labute approximate surface area is 170 Å². The number of alkyl halides is 6. The second-order valence-electron chi connectivity index (χ2n) is 6.26. The molecule has 0 radical (unpaired) electrons. The fraction of sp³-hybridized carbons (Fsp3) is 0.105. The Kier molecular flexibility index (Phi) is 5.49. The Bertz CT molecular complexity index is 1130. The Balaban J connectivity index is 2.00. The largest absolute Gasteiger partial charge is 0.434 e. The minimum absolute atomic E-state index is 0.0648. The first-order valence-corrected chi connectivity index (χ1v) is 8.42. The van der Waals surface area contributed by atoms with Gasteiger partial charge in [-0.1, -0.05) is 6.07 Å². The highest BCUT2D eigenvalue weighted by atomic mass is 19.4. The number of nitrogens with one attached hydrogen (secondary N) is 1. The molecule has 0 aliphatic heterocycles. The van der Waals surface area contributed by atoms with Crippen LogP contribution in [0.2, 0.25) is 0 Å². The Morgan fingerprint density at radius 3 is 2.13 bits per heavy atom. The summed E-state index contributed by atoms with van der Waals surface area (Å²) >= 11 is 0. The van der Waals surface area contributed by atoms with Crippen molar-refractivity contribution in [1.29, 1.82) is 0 Å². The molecule has 0 spiro atoms. The summed E-state index contributed by atoms with van der Waals surface area (Å²) in [6.45, 7) is 0. The molecule has 2 aromatic carbocycles. The van der Waals surface area contributed by atoms with Gasteiger partial charge in [0.25, 0.3) is 5.91 Å². The molecule has 2 amide bonds. The normalized spacial score (nSPS) is 11.9. The number of hydrogen-bond acceptors (Lipinski definition) is 3. The molecule has 0 atom stereocenters. The SMILES string of the molecule is NC(=O)c1ccc(NC(=O)c2cnn(-c3cccc(C(F)(F)F)c3)c2C(F)(F)F)cc1. The molecule has 1 aromatic heterocycles. The monoisotopic (exact) mass is 442 g/mol. The van der Waals surface area contributed by atoms with Gasteiger partial charge in [0.05, 0.1) is 23.0 Å². The van der Waals surface area contributed by atoms with Crippen molar-refractivity contribution in [3.63, 3.8) is 0 Å². The molecular weight excluding hydrogens is 430 g/mol. The third-order valence-corrected chi connectivity index (χ3v) is 4.13. The number of carbonyl (C=O) groups excluding carboxylic acids is 2. The number of nitrogens with zero attached hydrogens (tertiary/aromatic N) is 2. The van der Waals surface area contributed by atoms with Gasteiger partial charge in [-0.3, -0.25) is 9.59 Å². The van der Waals surface area contributed by atoms with E-state index >= 15 is 0 Å². The van der Waals surface area contributed by atoms with Gasteiger partial charge < -0.3 is 11.1 Å². The van der Waals surface area contributed by atoms with Crippen LogP contribution in [0.25, 0.3) is 5.69 Å². The van der Waals surface area contributed by atoms with Crippen LogP contribution >= 0.6 is 0 Å². The van der Waals surface area contributed by atoms with Crippen molar-refractivity contribution in [2.75, 3.05) is 5.32 Å². The second-order valence-corrected chi connectivity index (χ2v) is 6.26. The van der Waals surface area contributed by atoms with E-state index in [1.54, 1.807) is 0 Å². The van der Waals surface area contributed by atoms with Crippen LogP contribution in [0.1, 0.15) is 32.0 Å². The van der Waals surface area contributed by atoms with E-state index in [4.69, 9.17) is 5.73 Å². The molecule has 0 fully saturated rings. The first kappa shape index (κ1) is 21.9. The summed E-state index contributed by atoms with van der Waals surface area (Å²) < 4.78 is 80.1. The van der Waals surface area contributed by atoms with Gasteiger partial charge in [0.2, 0.25) is 5.91 Å². The van der Waals surface area contributed by atoms with E-state index < -0.39 is 46.7 Å². The summed E-state index contributed by atoms with van der Waals surface area (Å²) in [6, 6.07) is 8.15. The molecule has 0 bridgehead atoms. The van der Waals surface area contributed by atoms with Crippen molar-refractivity contribution < 1.29 is 35.9 Å². The Morgan fingerprint density at radius 2 is 1.58 bits per heavy atom. The van der Waals surface area contributed by atoms with Crippen LogP contribution in [0.3, 0.4) is 0 Å². The van der Waals surface area contributed by atoms with E-state index in [-0.39, 0.29) is 15.9 Å². The number of primary amides is 1. The Morgan fingerprint density at radius 1 is 0.935 bits per heavy atom. The van der Waals surface area contributed by atoms with Crippen molar-refractivity contribution >= 4 is 17.5 Å². The van der Waals surface area contributed by atoms with Crippen LogP contribution in [-0.4, -0.2) is 21.6 Å². The predicted octanol–water partition coefficient (Wildman–Crippen LogP) is 4.26. The summed E-state index contributed by atoms with van der Waals surface area (Å²) in [5.74, 6) is -1.93. The fourth-order valence-electron chi connectivity index (χ4n) is 2.71. The first-order valence-electron chi connectivity index (χ1n) is 8.42. The maximum atomic E-state index is 13.7. The molecule has 0 unspecified atom stereocenters. The number of nitrogens with two attached hydrogens (primary N) is 1. The van der Waals surface area contributed by atoms with Crippen molar-refractivity contribution in [2.24, 2.45) is 5.73 Å². The fourth-order valence-corrected chi connectivity index (χ4v) is 2.71. The molecule has 0 aliphatic rings. The second kappa shape index (κ2) is 7.78. The third-order valence-electron chi connectivity index (χ3n) is 4.13. The van der Waals surface area contributed by atoms with Gasteiger partial charge in [0, 0.05) is 11.3 Å². The lowest BCUT2D eigenvalue weighted by molar-refractivity contribution is -0.143. The van der Waals surface area contributed by atoms with Gasteiger partial charge in [-0.25, -0.2) is 4.68 Å². The van der Waals surface area contributed by atoms with Gasteiger partial charge in [-0.15, -0.1) is 0 Å². The van der Waals surface area contributed by atoms with Crippen molar-refractivity contribution in [2.45, 2.75) is 12.4 Å². The highest BCUT2D eigenvalue weighted by Crippen LogP contribution is 2.35. The number of aromatic nitrogens is 2. The lowest BCUT2D eigenvalue weighted by Crippen LogP contribution is -2.21. The van der Waals surface area contributed by atoms with Crippen LogP contribution in [0.15, 0.2) is 54.7 Å². The first-order chi connectivity index (χ1) is 14.4. The molecule has 3 N–H and O–H groups in total. The lowest BCUT2D eigenvalue weighted by atomic mass is 10.1. The zero-order valence-electron chi connectivity index (χ0n) is 15.3. The summed E-state index contributed by atoms with van der Waals surface area (Å²) in [6.07, 6.45) is -9.28. The topological polar surface area (TPSA) is 90.0 Å². The molecule has 12 heteroatoms.